The molecule has 0 N–H and O–H groups in total. The molecule has 1 aromatic carbocycles. The van der Waals surface area contributed by atoms with Crippen molar-refractivity contribution in [1.29, 1.82) is 0 Å². The Morgan fingerprint density at radius 3 is 2.57 bits per heavy atom. The Morgan fingerprint density at radius 2 is 1.93 bits per heavy atom. The fraction of sp³-hybridized carbons (Fsp3) is 0.417. The zero-order chi connectivity index (χ0) is 10.3. The van der Waals surface area contributed by atoms with E-state index in [1.807, 2.05) is 0 Å². The van der Waals surface area contributed by atoms with Crippen molar-refractivity contribution in [1.82, 2.24) is 4.98 Å². The molecule has 1 aromatic heterocycles. The molecule has 1 heterocycles. The molecule has 0 amide bonds. The van der Waals surface area contributed by atoms with Crippen LogP contribution in [0.15, 0.2) is 18.2 Å². The van der Waals surface area contributed by atoms with E-state index in [4.69, 9.17) is 0 Å². The van der Waals surface area contributed by atoms with E-state index >= 15 is 0 Å². The monoisotopic (exact) mass is 205 g/mol. The number of aromatic nitrogens is 1. The molecule has 0 aliphatic heterocycles. The summed E-state index contributed by atoms with van der Waals surface area (Å²) in [6.45, 7) is 8.81. The first-order valence-electron chi connectivity index (χ1n) is 4.85. The molecule has 0 radical (unpaired) electrons. The second kappa shape index (κ2) is 3.06. The molecule has 14 heavy (non-hydrogen) atoms. The fourth-order valence-electron chi connectivity index (χ4n) is 1.65. The van der Waals surface area contributed by atoms with Crippen molar-refractivity contribution in [2.75, 3.05) is 0 Å². The molecule has 0 saturated carbocycles. The predicted octanol–water partition coefficient (Wildman–Crippen LogP) is 3.90. The number of rotatable bonds is 0. The van der Waals surface area contributed by atoms with Crippen molar-refractivity contribution in [2.45, 2.75) is 33.1 Å². The van der Waals surface area contributed by atoms with Crippen LogP contribution >= 0.6 is 11.3 Å². The van der Waals surface area contributed by atoms with Gasteiger partial charge in [0.2, 0.25) is 0 Å². The highest BCUT2D eigenvalue weighted by Gasteiger charge is 2.18. The third-order valence-electron chi connectivity index (χ3n) is 2.33. The largest absolute Gasteiger partial charge is 0.242 e. The van der Waals surface area contributed by atoms with Crippen molar-refractivity contribution in [2.24, 2.45) is 0 Å². The molecule has 0 spiro atoms. The smallest absolute Gasteiger partial charge is 0.0907 e. The lowest BCUT2D eigenvalue weighted by molar-refractivity contribution is 0.596. The number of hydrogen-bond acceptors (Lipinski definition) is 2. The van der Waals surface area contributed by atoms with Gasteiger partial charge < -0.3 is 0 Å². The first kappa shape index (κ1) is 9.66. The third-order valence-corrected chi connectivity index (χ3v) is 3.35. The fourth-order valence-corrected chi connectivity index (χ4v) is 2.79. The quantitative estimate of drug-likeness (QED) is 0.635. The molecule has 0 bridgehead atoms. The first-order valence-corrected chi connectivity index (χ1v) is 5.67. The maximum atomic E-state index is 4.51. The van der Waals surface area contributed by atoms with E-state index in [1.54, 1.807) is 11.3 Å². The van der Waals surface area contributed by atoms with Gasteiger partial charge in [-0.2, -0.15) is 0 Å². The molecule has 0 atom stereocenters. The van der Waals surface area contributed by atoms with Gasteiger partial charge in [0.15, 0.2) is 0 Å². The van der Waals surface area contributed by atoms with Crippen LogP contribution in [0.2, 0.25) is 0 Å². The first-order chi connectivity index (χ1) is 6.48. The number of fused-ring (bicyclic) bond motifs is 1. The van der Waals surface area contributed by atoms with Gasteiger partial charge in [-0.25, -0.2) is 4.98 Å². The molecule has 0 fully saturated rings. The Balaban J connectivity index is 2.77. The van der Waals surface area contributed by atoms with E-state index < -0.39 is 0 Å². The van der Waals surface area contributed by atoms with Gasteiger partial charge in [0.05, 0.1) is 15.2 Å². The highest BCUT2D eigenvalue weighted by molar-refractivity contribution is 7.18. The summed E-state index contributed by atoms with van der Waals surface area (Å²) >= 11 is 1.79. The predicted molar refractivity (Wildman–Crippen MR) is 63.1 cm³/mol. The Hall–Kier alpha value is -0.890. The second-order valence-electron chi connectivity index (χ2n) is 4.64. The summed E-state index contributed by atoms with van der Waals surface area (Å²) in [4.78, 5) is 4.51. The van der Waals surface area contributed by atoms with Gasteiger partial charge in [-0.05, 0) is 24.0 Å². The molecule has 74 valence electrons. The molecular weight excluding hydrogens is 190 g/mol. The van der Waals surface area contributed by atoms with Gasteiger partial charge in [-0.3, -0.25) is 0 Å². The highest BCUT2D eigenvalue weighted by Crippen LogP contribution is 2.33. The van der Waals surface area contributed by atoms with E-state index in [0.29, 0.717) is 0 Å². The van der Waals surface area contributed by atoms with E-state index in [2.05, 4.69) is 50.9 Å². The molecule has 2 aromatic rings. The van der Waals surface area contributed by atoms with Crippen molar-refractivity contribution in [3.63, 3.8) is 0 Å². The molecular formula is C12H15NS. The van der Waals surface area contributed by atoms with Gasteiger partial charge in [0.25, 0.3) is 0 Å². The van der Waals surface area contributed by atoms with Gasteiger partial charge in [0.1, 0.15) is 0 Å². The summed E-state index contributed by atoms with van der Waals surface area (Å²) in [5.41, 5.74) is 2.75. The average molecular weight is 205 g/mol. The number of thiazole rings is 1. The van der Waals surface area contributed by atoms with Gasteiger partial charge in [-0.15, -0.1) is 11.3 Å². The van der Waals surface area contributed by atoms with Crippen molar-refractivity contribution >= 4 is 21.6 Å². The number of aryl methyl sites for hydroxylation is 1. The van der Waals surface area contributed by atoms with Crippen LogP contribution in [0.5, 0.6) is 0 Å². The lowest BCUT2D eigenvalue weighted by atomic mass is 9.87. The summed E-state index contributed by atoms with van der Waals surface area (Å²) < 4.78 is 1.34. The van der Waals surface area contributed by atoms with Gasteiger partial charge >= 0.3 is 0 Å². The van der Waals surface area contributed by atoms with Crippen LogP contribution in [0.3, 0.4) is 0 Å². The van der Waals surface area contributed by atoms with Crippen molar-refractivity contribution < 1.29 is 0 Å². The van der Waals surface area contributed by atoms with Crippen LogP contribution in [0, 0.1) is 6.92 Å². The molecule has 1 nitrogen and oxygen atoms in total. The van der Waals surface area contributed by atoms with Gasteiger partial charge in [-0.1, -0.05) is 32.9 Å². The minimum Gasteiger partial charge on any atom is -0.242 e. The third kappa shape index (κ3) is 1.55. The molecule has 0 unspecified atom stereocenters. The average Bonchev–Trinajstić information content (AvgIpc) is 2.41. The number of hydrogen-bond donors (Lipinski definition) is 0. The lowest BCUT2D eigenvalue weighted by Crippen LogP contribution is -2.10. The number of benzene rings is 1. The second-order valence-corrected chi connectivity index (χ2v) is 5.84. The van der Waals surface area contributed by atoms with Crippen molar-refractivity contribution in [3.05, 3.63) is 28.8 Å². The summed E-state index contributed by atoms with van der Waals surface area (Å²) in [5.74, 6) is 0. The maximum Gasteiger partial charge on any atom is 0.0907 e. The van der Waals surface area contributed by atoms with E-state index in [9.17, 15) is 0 Å². The summed E-state index contributed by atoms with van der Waals surface area (Å²) in [6.07, 6.45) is 0. The maximum absolute atomic E-state index is 4.51. The SMILES string of the molecule is Cc1nc2cccc(C(C)(C)C)c2s1. The van der Waals surface area contributed by atoms with Crippen LogP contribution in [0.1, 0.15) is 31.3 Å². The van der Waals surface area contributed by atoms with Crippen LogP contribution in [-0.4, -0.2) is 4.98 Å². The standard InChI is InChI=1S/C12H15NS/c1-8-13-10-7-5-6-9(11(10)14-8)12(2,3)4/h5-7H,1-4H3. The van der Waals surface area contributed by atoms with E-state index in [-0.39, 0.29) is 5.41 Å². The molecule has 0 aliphatic rings. The molecule has 2 heteroatoms. The summed E-state index contributed by atoms with van der Waals surface area (Å²) in [7, 11) is 0. The Morgan fingerprint density at radius 1 is 1.21 bits per heavy atom. The number of nitrogens with zero attached hydrogens (tertiary/aromatic N) is 1. The minimum atomic E-state index is 0.207. The van der Waals surface area contributed by atoms with E-state index in [0.717, 1.165) is 10.5 Å². The molecule has 0 aliphatic carbocycles. The van der Waals surface area contributed by atoms with E-state index in [1.165, 1.54) is 10.3 Å². The van der Waals surface area contributed by atoms with Crippen LogP contribution < -0.4 is 0 Å². The Kier molecular flexibility index (Phi) is 2.11. The Bertz CT molecular complexity index is 463. The summed E-state index contributed by atoms with van der Waals surface area (Å²) in [5, 5.41) is 1.15. The topological polar surface area (TPSA) is 12.9 Å². The minimum absolute atomic E-state index is 0.207. The van der Waals surface area contributed by atoms with Crippen molar-refractivity contribution in [3.8, 4) is 0 Å². The molecule has 0 saturated heterocycles. The molecule has 2 rings (SSSR count). The van der Waals surface area contributed by atoms with Gasteiger partial charge in [0, 0.05) is 0 Å². The Labute approximate surface area is 88.8 Å². The van der Waals surface area contributed by atoms with Crippen LogP contribution in [0.25, 0.3) is 10.2 Å². The highest BCUT2D eigenvalue weighted by atomic mass is 32.1. The van der Waals surface area contributed by atoms with Crippen LogP contribution in [0.4, 0.5) is 0 Å². The zero-order valence-corrected chi connectivity index (χ0v) is 9.90. The normalized spacial score (nSPS) is 12.3. The van der Waals surface area contributed by atoms with Crippen LogP contribution in [-0.2, 0) is 5.41 Å². The zero-order valence-electron chi connectivity index (χ0n) is 9.09. The summed E-state index contributed by atoms with van der Waals surface area (Å²) in [6, 6.07) is 6.40. The lowest BCUT2D eigenvalue weighted by Gasteiger charge is -2.19.